The van der Waals surface area contributed by atoms with Crippen molar-refractivity contribution in [2.75, 3.05) is 18.4 Å². The predicted molar refractivity (Wildman–Crippen MR) is 106 cm³/mol. The highest BCUT2D eigenvalue weighted by Crippen LogP contribution is 2.28. The molecule has 1 N–H and O–H groups in total. The van der Waals surface area contributed by atoms with Gasteiger partial charge in [-0.2, -0.15) is 0 Å². The molecule has 3 rings (SSSR count). The van der Waals surface area contributed by atoms with E-state index >= 15 is 0 Å². The highest BCUT2D eigenvalue weighted by molar-refractivity contribution is 5.95. The Balaban J connectivity index is 1.77. The van der Waals surface area contributed by atoms with Crippen molar-refractivity contribution in [1.29, 1.82) is 0 Å². The van der Waals surface area contributed by atoms with Gasteiger partial charge in [-0.15, -0.1) is 0 Å². The Hall–Kier alpha value is -2.30. The number of pyridine rings is 1. The van der Waals surface area contributed by atoms with Crippen LogP contribution in [0.1, 0.15) is 44.7 Å². The number of aromatic nitrogens is 1. The van der Waals surface area contributed by atoms with Gasteiger partial charge in [0.05, 0.1) is 0 Å². The first-order valence-electron chi connectivity index (χ1n) is 9.33. The van der Waals surface area contributed by atoms with E-state index in [0.29, 0.717) is 6.54 Å². The van der Waals surface area contributed by atoms with Crippen molar-refractivity contribution in [3.63, 3.8) is 0 Å². The molecule has 5 heteroatoms. The number of piperidine rings is 1. The van der Waals surface area contributed by atoms with Gasteiger partial charge in [0.1, 0.15) is 11.4 Å². The number of amides is 1. The summed E-state index contributed by atoms with van der Waals surface area (Å²) in [7, 11) is 0. The topological polar surface area (TPSA) is 54.5 Å². The molecule has 1 atom stereocenters. The van der Waals surface area contributed by atoms with Gasteiger partial charge in [0.25, 0.3) is 0 Å². The van der Waals surface area contributed by atoms with Crippen molar-refractivity contribution in [2.24, 2.45) is 0 Å². The molecule has 1 amide bonds. The molecule has 0 saturated carbocycles. The van der Waals surface area contributed by atoms with Gasteiger partial charge in [-0.3, -0.25) is 0 Å². The number of ether oxygens (including phenoxy) is 1. The van der Waals surface area contributed by atoms with Gasteiger partial charge in [0, 0.05) is 30.7 Å². The number of benzene rings is 1. The van der Waals surface area contributed by atoms with E-state index in [2.05, 4.69) is 36.3 Å². The van der Waals surface area contributed by atoms with E-state index in [9.17, 15) is 4.79 Å². The van der Waals surface area contributed by atoms with Gasteiger partial charge in [-0.05, 0) is 64.5 Å². The van der Waals surface area contributed by atoms with Crippen LogP contribution in [-0.4, -0.2) is 40.7 Å². The van der Waals surface area contributed by atoms with Crippen LogP contribution in [0.15, 0.2) is 24.4 Å². The zero-order valence-corrected chi connectivity index (χ0v) is 16.4. The Morgan fingerprint density at radius 3 is 2.81 bits per heavy atom. The van der Waals surface area contributed by atoms with E-state index in [-0.39, 0.29) is 12.1 Å². The van der Waals surface area contributed by atoms with Crippen molar-refractivity contribution in [1.82, 2.24) is 9.88 Å². The maximum absolute atomic E-state index is 12.4. The molecule has 0 bridgehead atoms. The molecule has 140 valence electrons. The van der Waals surface area contributed by atoms with Gasteiger partial charge in [-0.1, -0.05) is 17.7 Å². The fraction of sp³-hybridized carbons (Fsp3) is 0.524. The molecular formula is C21H29N3O2. The van der Waals surface area contributed by atoms with Gasteiger partial charge < -0.3 is 15.0 Å². The third-order valence-corrected chi connectivity index (χ3v) is 4.62. The standard InChI is InChI=1S/C21H29N3O2/c1-14-11-15(2)18-16(12-14)8-9-22-19(18)23-17-7-6-10-24(13-17)20(25)26-21(3,4)5/h8-9,11-12,17H,6-7,10,13H2,1-5H3,(H,22,23)/t17-/m1/s1. The van der Waals surface area contributed by atoms with Crippen LogP contribution in [-0.2, 0) is 4.74 Å². The first kappa shape index (κ1) is 18.5. The monoisotopic (exact) mass is 355 g/mol. The number of rotatable bonds is 2. The fourth-order valence-corrected chi connectivity index (χ4v) is 3.60. The lowest BCUT2D eigenvalue weighted by atomic mass is 10.0. The number of carbonyl (C=O) groups is 1. The summed E-state index contributed by atoms with van der Waals surface area (Å²) in [6.07, 6.45) is 3.58. The molecule has 26 heavy (non-hydrogen) atoms. The van der Waals surface area contributed by atoms with E-state index < -0.39 is 5.60 Å². The van der Waals surface area contributed by atoms with Gasteiger partial charge in [-0.25, -0.2) is 9.78 Å². The van der Waals surface area contributed by atoms with Crippen molar-refractivity contribution >= 4 is 22.7 Å². The zero-order chi connectivity index (χ0) is 18.9. The number of hydrogen-bond acceptors (Lipinski definition) is 4. The summed E-state index contributed by atoms with van der Waals surface area (Å²) < 4.78 is 5.52. The molecule has 1 aromatic carbocycles. The average molecular weight is 355 g/mol. The molecule has 0 aliphatic carbocycles. The largest absolute Gasteiger partial charge is 0.444 e. The summed E-state index contributed by atoms with van der Waals surface area (Å²) in [5.74, 6) is 0.899. The van der Waals surface area contributed by atoms with Crippen LogP contribution in [0.3, 0.4) is 0 Å². The maximum Gasteiger partial charge on any atom is 0.410 e. The van der Waals surface area contributed by atoms with Crippen LogP contribution in [0.4, 0.5) is 10.6 Å². The Morgan fingerprint density at radius 2 is 2.08 bits per heavy atom. The predicted octanol–water partition coefficient (Wildman–Crippen LogP) is 4.66. The highest BCUT2D eigenvalue weighted by atomic mass is 16.6. The lowest BCUT2D eigenvalue weighted by molar-refractivity contribution is 0.0206. The molecule has 1 aromatic heterocycles. The van der Waals surface area contributed by atoms with Gasteiger partial charge >= 0.3 is 6.09 Å². The van der Waals surface area contributed by atoms with Gasteiger partial charge in [0.15, 0.2) is 0 Å². The van der Waals surface area contributed by atoms with E-state index in [0.717, 1.165) is 30.6 Å². The summed E-state index contributed by atoms with van der Waals surface area (Å²) >= 11 is 0. The normalized spacial score (nSPS) is 18.0. The van der Waals surface area contributed by atoms with Crippen LogP contribution in [0.5, 0.6) is 0 Å². The number of nitrogens with one attached hydrogen (secondary N) is 1. The van der Waals surface area contributed by atoms with E-state index in [1.807, 2.05) is 33.0 Å². The molecular weight excluding hydrogens is 326 g/mol. The minimum Gasteiger partial charge on any atom is -0.444 e. The van der Waals surface area contributed by atoms with E-state index in [1.165, 1.54) is 16.5 Å². The first-order valence-corrected chi connectivity index (χ1v) is 9.33. The summed E-state index contributed by atoms with van der Waals surface area (Å²) in [6.45, 7) is 11.3. The number of aryl methyl sites for hydroxylation is 2. The minimum absolute atomic E-state index is 0.176. The number of carbonyl (C=O) groups excluding carboxylic acids is 1. The second-order valence-corrected chi connectivity index (χ2v) is 8.25. The maximum atomic E-state index is 12.4. The third-order valence-electron chi connectivity index (χ3n) is 4.62. The van der Waals surface area contributed by atoms with E-state index in [4.69, 9.17) is 4.74 Å². The Labute approximate surface area is 155 Å². The van der Waals surface area contributed by atoms with Crippen LogP contribution < -0.4 is 5.32 Å². The quantitative estimate of drug-likeness (QED) is 0.851. The van der Waals surface area contributed by atoms with Crippen LogP contribution in [0, 0.1) is 13.8 Å². The van der Waals surface area contributed by atoms with Crippen molar-refractivity contribution in [3.05, 3.63) is 35.5 Å². The second-order valence-electron chi connectivity index (χ2n) is 8.25. The van der Waals surface area contributed by atoms with Crippen molar-refractivity contribution in [3.8, 4) is 0 Å². The lowest BCUT2D eigenvalue weighted by Gasteiger charge is -2.34. The average Bonchev–Trinajstić information content (AvgIpc) is 2.53. The molecule has 2 aromatic rings. The highest BCUT2D eigenvalue weighted by Gasteiger charge is 2.28. The molecule has 2 heterocycles. The van der Waals surface area contributed by atoms with Gasteiger partial charge in [0.2, 0.25) is 0 Å². The Bertz CT molecular complexity index is 811. The summed E-state index contributed by atoms with van der Waals surface area (Å²) in [5, 5.41) is 5.93. The van der Waals surface area contributed by atoms with Crippen molar-refractivity contribution in [2.45, 2.75) is 59.1 Å². The molecule has 1 aliphatic rings. The first-order chi connectivity index (χ1) is 12.2. The Kier molecular flexibility index (Phi) is 5.08. The lowest BCUT2D eigenvalue weighted by Crippen LogP contribution is -2.47. The molecule has 0 spiro atoms. The molecule has 5 nitrogen and oxygen atoms in total. The fourth-order valence-electron chi connectivity index (χ4n) is 3.60. The third kappa shape index (κ3) is 4.26. The van der Waals surface area contributed by atoms with Crippen LogP contribution >= 0.6 is 0 Å². The minimum atomic E-state index is -0.469. The number of likely N-dealkylation sites (tertiary alicyclic amines) is 1. The molecule has 1 saturated heterocycles. The molecule has 0 unspecified atom stereocenters. The van der Waals surface area contributed by atoms with Crippen LogP contribution in [0.2, 0.25) is 0 Å². The second kappa shape index (κ2) is 7.14. The summed E-state index contributed by atoms with van der Waals surface area (Å²) in [5.41, 5.74) is 2.00. The SMILES string of the molecule is Cc1cc(C)c2c(N[C@@H]3CCCN(C(=O)OC(C)(C)C)C3)nccc2c1. The van der Waals surface area contributed by atoms with Crippen molar-refractivity contribution < 1.29 is 9.53 Å². The molecule has 0 radical (unpaired) electrons. The summed E-state index contributed by atoms with van der Waals surface area (Å²) in [6, 6.07) is 6.59. The molecule has 1 fully saturated rings. The Morgan fingerprint density at radius 1 is 1.31 bits per heavy atom. The number of nitrogens with zero attached hydrogens (tertiary/aromatic N) is 2. The molecule has 1 aliphatic heterocycles. The van der Waals surface area contributed by atoms with Crippen LogP contribution in [0.25, 0.3) is 10.8 Å². The van der Waals surface area contributed by atoms with E-state index in [1.54, 1.807) is 4.90 Å². The number of hydrogen-bond donors (Lipinski definition) is 1. The number of anilines is 1. The summed E-state index contributed by atoms with van der Waals surface area (Å²) in [4.78, 5) is 18.8. The zero-order valence-electron chi connectivity index (χ0n) is 16.4. The smallest absolute Gasteiger partial charge is 0.410 e. The number of fused-ring (bicyclic) bond motifs is 1.